The van der Waals surface area contributed by atoms with Gasteiger partial charge in [-0.3, -0.25) is 9.59 Å². The lowest BCUT2D eigenvalue weighted by Crippen LogP contribution is -2.67. The summed E-state index contributed by atoms with van der Waals surface area (Å²) in [7, 11) is 0. The van der Waals surface area contributed by atoms with Gasteiger partial charge in [-0.1, -0.05) is 48.5 Å². The molecule has 0 bridgehead atoms. The molecule has 0 heterocycles. The largest absolute Gasteiger partial charge is 0.462 e. The molecule has 5 fully saturated rings. The molecule has 0 aromatic rings. The Morgan fingerprint density at radius 1 is 0.837 bits per heavy atom. The van der Waals surface area contributed by atoms with E-state index in [1.807, 2.05) is 6.92 Å². The molecule has 6 heteroatoms. The third-order valence-electron chi connectivity index (χ3n) is 14.6. The van der Waals surface area contributed by atoms with Gasteiger partial charge >= 0.3 is 12.1 Å². The van der Waals surface area contributed by atoms with Crippen LogP contribution in [0.3, 0.4) is 0 Å². The first-order valence-corrected chi connectivity index (χ1v) is 17.4. The molecule has 6 aliphatic rings. The zero-order valence-corrected chi connectivity index (χ0v) is 28.4. The summed E-state index contributed by atoms with van der Waals surface area (Å²) in [6, 6.07) is 0. The Kier molecular flexibility index (Phi) is 7.30. The number of alkyl carbamates (subject to hydrolysis) is 1. The Labute approximate surface area is 259 Å². The van der Waals surface area contributed by atoms with Crippen LogP contribution in [0.5, 0.6) is 0 Å². The Hall–Kier alpha value is -1.85. The number of rotatable bonds is 5. The Morgan fingerprint density at radius 2 is 1.53 bits per heavy atom. The quantitative estimate of drug-likeness (QED) is 0.324. The second kappa shape index (κ2) is 10.1. The molecule has 6 unspecified atom stereocenters. The van der Waals surface area contributed by atoms with Crippen LogP contribution in [-0.4, -0.2) is 35.6 Å². The zero-order valence-electron chi connectivity index (χ0n) is 28.4. The van der Waals surface area contributed by atoms with Crippen molar-refractivity contribution in [1.82, 2.24) is 5.32 Å². The van der Waals surface area contributed by atoms with Crippen LogP contribution in [0, 0.1) is 51.2 Å². The predicted octanol–water partition coefficient (Wildman–Crippen LogP) is 8.18. The van der Waals surface area contributed by atoms with Gasteiger partial charge in [0, 0.05) is 18.8 Å². The van der Waals surface area contributed by atoms with Crippen molar-refractivity contribution in [2.24, 2.45) is 51.2 Å². The van der Waals surface area contributed by atoms with Crippen LogP contribution < -0.4 is 5.32 Å². The van der Waals surface area contributed by atoms with Gasteiger partial charge in [0.25, 0.3) is 0 Å². The van der Waals surface area contributed by atoms with Gasteiger partial charge in [-0.2, -0.15) is 0 Å². The molecule has 6 aliphatic carbocycles. The molecule has 9 atom stereocenters. The van der Waals surface area contributed by atoms with Gasteiger partial charge < -0.3 is 14.8 Å². The number of carbonyl (C=O) groups is 3. The maximum absolute atomic E-state index is 13.8. The lowest BCUT2D eigenvalue weighted by atomic mass is 9.33. The van der Waals surface area contributed by atoms with Gasteiger partial charge in [0.05, 0.1) is 5.54 Å². The highest BCUT2D eigenvalue weighted by atomic mass is 16.6. The first-order chi connectivity index (χ1) is 20.0. The number of esters is 1. The molecule has 0 aliphatic heterocycles. The molecule has 0 aromatic heterocycles. The van der Waals surface area contributed by atoms with Crippen molar-refractivity contribution in [2.75, 3.05) is 0 Å². The van der Waals surface area contributed by atoms with E-state index >= 15 is 0 Å². The summed E-state index contributed by atoms with van der Waals surface area (Å²) in [4.78, 5) is 39.1. The number of carbonyl (C=O) groups excluding carboxylic acids is 3. The molecule has 6 nitrogen and oxygen atoms in total. The van der Waals surface area contributed by atoms with Crippen LogP contribution in [0.15, 0.2) is 11.1 Å². The maximum Gasteiger partial charge on any atom is 0.408 e. The molecule has 1 amide bonds. The Morgan fingerprint density at radius 3 is 2.16 bits per heavy atom. The van der Waals surface area contributed by atoms with Crippen molar-refractivity contribution in [1.29, 1.82) is 0 Å². The Bertz CT molecular complexity index is 1230. The first kappa shape index (κ1) is 31.1. The smallest absolute Gasteiger partial charge is 0.408 e. The molecule has 240 valence electrons. The molecular weight excluding hydrogens is 538 g/mol. The van der Waals surface area contributed by atoms with Gasteiger partial charge in [-0.15, -0.1) is 0 Å². The minimum Gasteiger partial charge on any atom is -0.462 e. The molecule has 0 aromatic carbocycles. The topological polar surface area (TPSA) is 81.7 Å². The van der Waals surface area contributed by atoms with Crippen LogP contribution in [0.4, 0.5) is 4.79 Å². The average Bonchev–Trinajstić information content (AvgIpc) is 3.69. The van der Waals surface area contributed by atoms with Crippen molar-refractivity contribution >= 4 is 17.8 Å². The second-order valence-corrected chi connectivity index (χ2v) is 17.3. The van der Waals surface area contributed by atoms with E-state index in [0.29, 0.717) is 24.2 Å². The monoisotopic (exact) mass is 595 g/mol. The van der Waals surface area contributed by atoms with E-state index in [4.69, 9.17) is 9.47 Å². The van der Waals surface area contributed by atoms with Gasteiger partial charge in [0.15, 0.2) is 5.78 Å². The molecule has 5 saturated carbocycles. The maximum atomic E-state index is 13.8. The predicted molar refractivity (Wildman–Crippen MR) is 167 cm³/mol. The van der Waals surface area contributed by atoms with E-state index in [0.717, 1.165) is 69.8 Å². The lowest BCUT2D eigenvalue weighted by molar-refractivity contribution is -0.231. The number of amides is 1. The summed E-state index contributed by atoms with van der Waals surface area (Å²) >= 11 is 0. The lowest BCUT2D eigenvalue weighted by Gasteiger charge is -2.72. The highest BCUT2D eigenvalue weighted by Gasteiger charge is 2.70. The van der Waals surface area contributed by atoms with Crippen LogP contribution in [-0.2, 0) is 19.1 Å². The van der Waals surface area contributed by atoms with Crippen LogP contribution in [0.25, 0.3) is 0 Å². The highest BCUT2D eigenvalue weighted by Crippen LogP contribution is 2.75. The van der Waals surface area contributed by atoms with Crippen LogP contribution >= 0.6 is 0 Å². The van der Waals surface area contributed by atoms with Crippen molar-refractivity contribution < 1.29 is 23.9 Å². The molecular formula is C37H57NO5. The summed E-state index contributed by atoms with van der Waals surface area (Å²) < 4.78 is 11.8. The Balaban J connectivity index is 1.34. The van der Waals surface area contributed by atoms with Crippen molar-refractivity contribution in [3.63, 3.8) is 0 Å². The number of ketones is 1. The standard InChI is InChI=1S/C37H57NO5/c1-21(2)30-26(40)20-37(38-32(41)42-22(3)24-10-11-24)19-18-35(8)25(31(30)37)12-13-28-34(7)16-15-29(43-23(4)39)33(5,6)27(34)14-17-36(28,35)9/h21-22,24-25,27-29H,10-20H2,1-9H3,(H,38,41)/t22?,25?,27?,28?,29-,34?,35+,36+,37?/m0/s1. The number of hydrogen-bond donors (Lipinski definition) is 1. The summed E-state index contributed by atoms with van der Waals surface area (Å²) in [6.07, 6.45) is 10.5. The van der Waals surface area contributed by atoms with Gasteiger partial charge in [-0.25, -0.2) is 4.79 Å². The molecule has 0 radical (unpaired) electrons. The van der Waals surface area contributed by atoms with E-state index in [2.05, 4.69) is 53.8 Å². The third-order valence-corrected chi connectivity index (χ3v) is 14.6. The van der Waals surface area contributed by atoms with E-state index in [1.165, 1.54) is 5.57 Å². The number of ether oxygens (including phenoxy) is 2. The minimum absolute atomic E-state index is 0.0219. The number of nitrogens with one attached hydrogen (secondary N) is 1. The fourth-order valence-electron chi connectivity index (χ4n) is 12.2. The van der Waals surface area contributed by atoms with E-state index in [-0.39, 0.29) is 63.5 Å². The highest BCUT2D eigenvalue weighted by molar-refractivity contribution is 6.02. The van der Waals surface area contributed by atoms with E-state index < -0.39 is 5.54 Å². The van der Waals surface area contributed by atoms with Crippen molar-refractivity contribution in [3.05, 3.63) is 11.1 Å². The fourth-order valence-corrected chi connectivity index (χ4v) is 12.2. The van der Waals surface area contributed by atoms with Crippen LogP contribution in [0.1, 0.15) is 133 Å². The fraction of sp³-hybridized carbons (Fsp3) is 0.865. The normalized spacial score (nSPS) is 44.1. The van der Waals surface area contributed by atoms with Crippen molar-refractivity contribution in [2.45, 2.75) is 151 Å². The second-order valence-electron chi connectivity index (χ2n) is 17.3. The first-order valence-electron chi connectivity index (χ1n) is 17.4. The zero-order chi connectivity index (χ0) is 31.3. The summed E-state index contributed by atoms with van der Waals surface area (Å²) in [6.45, 7) is 20.2. The summed E-state index contributed by atoms with van der Waals surface area (Å²) in [5, 5.41) is 3.36. The number of hydrogen-bond acceptors (Lipinski definition) is 5. The molecule has 0 saturated heterocycles. The average molecular weight is 596 g/mol. The molecule has 43 heavy (non-hydrogen) atoms. The van der Waals surface area contributed by atoms with Crippen molar-refractivity contribution in [3.8, 4) is 0 Å². The number of Topliss-reactive ketones (excluding diaryl/α,β-unsaturated/α-hetero) is 1. The molecule has 1 N–H and O–H groups in total. The SMILES string of the molecule is CC(=O)O[C@H]1CCC2(C)C(CC[C@]3(C)C2CCC2C4=C(C(C)C)C(=O)CC4(NC(=O)OC(C)C4CC4)CC[C@]23C)C1(C)C. The van der Waals surface area contributed by atoms with Gasteiger partial charge in [-0.05, 0) is 128 Å². The van der Waals surface area contributed by atoms with E-state index in [1.54, 1.807) is 6.92 Å². The summed E-state index contributed by atoms with van der Waals surface area (Å²) in [5.41, 5.74) is 1.90. The minimum atomic E-state index is -0.615. The number of fused-ring (bicyclic) bond motifs is 7. The number of allylic oxidation sites excluding steroid dienone is 1. The molecule has 6 rings (SSSR count). The van der Waals surface area contributed by atoms with Gasteiger partial charge in [0.2, 0.25) is 0 Å². The summed E-state index contributed by atoms with van der Waals surface area (Å²) in [5.74, 6) is 2.01. The van der Waals surface area contributed by atoms with Gasteiger partial charge in [0.1, 0.15) is 12.2 Å². The third kappa shape index (κ3) is 4.48. The van der Waals surface area contributed by atoms with E-state index in [9.17, 15) is 14.4 Å². The molecule has 0 spiro atoms. The van der Waals surface area contributed by atoms with Crippen LogP contribution in [0.2, 0.25) is 0 Å².